The summed E-state index contributed by atoms with van der Waals surface area (Å²) in [5, 5.41) is 18.1. The number of ether oxygens (including phenoxy) is 1. The summed E-state index contributed by atoms with van der Waals surface area (Å²) in [4.78, 5) is 57.4. The Morgan fingerprint density at radius 2 is 1.76 bits per heavy atom. The molecule has 2 aromatic rings. The van der Waals surface area contributed by atoms with Crippen LogP contribution in [0.25, 0.3) is 17.0 Å². The number of rotatable bonds is 2. The van der Waals surface area contributed by atoms with Gasteiger partial charge in [-0.15, -0.1) is 0 Å². The maximum absolute atomic E-state index is 13.3. The number of aromatic nitrogens is 1. The van der Waals surface area contributed by atoms with Crippen molar-refractivity contribution in [1.29, 1.82) is 0 Å². The fourth-order valence-corrected chi connectivity index (χ4v) is 4.98. The minimum Gasteiger partial charge on any atom is -0.455 e. The quantitative estimate of drug-likeness (QED) is 0.404. The highest BCUT2D eigenvalue weighted by Crippen LogP contribution is 2.23. The molecule has 0 saturated carbocycles. The molecule has 4 rings (SSSR count). The number of aliphatic hydroxyl groups is 1. The fourth-order valence-electron chi connectivity index (χ4n) is 4.98. The van der Waals surface area contributed by atoms with Crippen molar-refractivity contribution in [3.63, 3.8) is 0 Å². The first-order chi connectivity index (χ1) is 19.4. The van der Waals surface area contributed by atoms with E-state index in [1.807, 2.05) is 24.3 Å². The molecule has 2 aliphatic heterocycles. The average Bonchev–Trinajstić information content (AvgIpc) is 2.94. The molecule has 0 aliphatic carbocycles. The molecule has 0 radical (unpaired) electrons. The van der Waals surface area contributed by atoms with Crippen LogP contribution in [-0.4, -0.2) is 69.6 Å². The summed E-state index contributed by atoms with van der Waals surface area (Å²) in [6.07, 6.45) is 2.72. The number of carbonyl (C=O) groups excluding carboxylic acids is 4. The Labute approximate surface area is 239 Å². The Kier molecular flexibility index (Phi) is 9.39. The number of cyclic esters (lactones) is 1. The summed E-state index contributed by atoms with van der Waals surface area (Å²) >= 11 is 0. The molecule has 2 aliphatic rings. The molecular formula is C30H39N5O6. The molecule has 3 heterocycles. The van der Waals surface area contributed by atoms with Crippen molar-refractivity contribution < 1.29 is 29.0 Å². The van der Waals surface area contributed by atoms with Crippen LogP contribution in [0.5, 0.6) is 0 Å². The molecule has 0 unspecified atom stereocenters. The van der Waals surface area contributed by atoms with Crippen LogP contribution in [0.1, 0.15) is 64.8 Å². The maximum atomic E-state index is 13.3. The molecule has 1 aromatic heterocycles. The number of benzene rings is 1. The molecular weight excluding hydrogens is 526 g/mol. The van der Waals surface area contributed by atoms with E-state index in [1.54, 1.807) is 45.9 Å². The molecule has 1 fully saturated rings. The molecule has 41 heavy (non-hydrogen) atoms. The Morgan fingerprint density at radius 1 is 1.02 bits per heavy atom. The first-order valence-corrected chi connectivity index (χ1v) is 14.1. The lowest BCUT2D eigenvalue weighted by atomic mass is 9.97. The number of fused-ring (bicyclic) bond motifs is 4. The van der Waals surface area contributed by atoms with Crippen molar-refractivity contribution in [3.05, 3.63) is 47.7 Å². The van der Waals surface area contributed by atoms with Gasteiger partial charge in [0.15, 0.2) is 0 Å². The minimum absolute atomic E-state index is 0.295. The van der Waals surface area contributed by atoms with Crippen LogP contribution in [0.4, 0.5) is 0 Å². The van der Waals surface area contributed by atoms with Crippen molar-refractivity contribution in [2.24, 2.45) is 11.8 Å². The number of hydrogen-bond donors (Lipinski definition) is 4. The van der Waals surface area contributed by atoms with E-state index in [1.165, 1.54) is 11.9 Å². The zero-order valence-electron chi connectivity index (χ0n) is 24.1. The first-order valence-electron chi connectivity index (χ1n) is 14.1. The summed E-state index contributed by atoms with van der Waals surface area (Å²) < 4.78 is 5.73. The third-order valence-corrected chi connectivity index (χ3v) is 7.48. The monoisotopic (exact) mass is 565 g/mol. The van der Waals surface area contributed by atoms with Gasteiger partial charge in [0.1, 0.15) is 24.2 Å². The van der Waals surface area contributed by atoms with Crippen LogP contribution in [0, 0.1) is 11.8 Å². The summed E-state index contributed by atoms with van der Waals surface area (Å²) in [7, 11) is 0. The number of nitrogens with zero attached hydrogens (tertiary/aromatic N) is 2. The third-order valence-electron chi connectivity index (χ3n) is 7.48. The number of pyridine rings is 1. The smallest absolute Gasteiger partial charge is 0.325 e. The van der Waals surface area contributed by atoms with Crippen LogP contribution in [0.3, 0.4) is 0 Å². The first kappa shape index (κ1) is 30.1. The molecule has 1 saturated heterocycles. The minimum atomic E-state index is -1.02. The number of hydrazine groups is 1. The highest BCUT2D eigenvalue weighted by molar-refractivity contribution is 5.93. The van der Waals surface area contributed by atoms with Crippen LogP contribution in [0.2, 0.25) is 0 Å². The Bertz CT molecular complexity index is 1340. The van der Waals surface area contributed by atoms with Crippen LogP contribution < -0.4 is 16.1 Å². The lowest BCUT2D eigenvalue weighted by Crippen LogP contribution is -2.61. The zero-order valence-corrected chi connectivity index (χ0v) is 24.1. The predicted molar refractivity (Wildman–Crippen MR) is 153 cm³/mol. The van der Waals surface area contributed by atoms with Crippen molar-refractivity contribution in [1.82, 2.24) is 26.1 Å². The second kappa shape index (κ2) is 12.8. The van der Waals surface area contributed by atoms with Crippen molar-refractivity contribution in [2.45, 2.75) is 77.8 Å². The van der Waals surface area contributed by atoms with E-state index in [2.05, 4.69) is 16.1 Å². The molecule has 220 valence electrons. The van der Waals surface area contributed by atoms with Gasteiger partial charge in [-0.3, -0.25) is 24.2 Å². The average molecular weight is 566 g/mol. The van der Waals surface area contributed by atoms with Gasteiger partial charge in [-0.05, 0) is 57.2 Å². The Morgan fingerprint density at radius 3 is 2.46 bits per heavy atom. The van der Waals surface area contributed by atoms with E-state index in [4.69, 9.17) is 9.72 Å². The van der Waals surface area contributed by atoms with Gasteiger partial charge in [0.2, 0.25) is 11.8 Å². The molecule has 6 atom stereocenters. The SMILES string of the molecule is CC(C)[C@@H]1NC(=O)[C@@H]([C@@H](C)O)C=Cc2ccc3ccc(nc3c2)[C@@H](C)OC(=O)[C@@H]2CCCN(N2)C(=O)[C@H](C)NC1=O. The number of hydrogen-bond acceptors (Lipinski definition) is 8. The highest BCUT2D eigenvalue weighted by Gasteiger charge is 2.34. The summed E-state index contributed by atoms with van der Waals surface area (Å²) in [5.41, 5.74) is 4.95. The second-order valence-corrected chi connectivity index (χ2v) is 11.2. The predicted octanol–water partition coefficient (Wildman–Crippen LogP) is 2.00. The standard InChI is InChI=1S/C30H39N5O6/c1-16(2)26-28(38)31-17(3)29(39)35-14-6-7-24(34-35)30(40)41-19(5)23-13-11-21-10-8-20(15-25(21)32-23)9-12-22(18(4)36)27(37)33-26/h8-13,15-19,22,24,26,34,36H,6-7,14H2,1-5H3,(H,31,38)(H,33,37)/t17-,18+,19+,22+,24-,26-/m0/s1. The van der Waals surface area contributed by atoms with E-state index >= 15 is 0 Å². The lowest BCUT2D eigenvalue weighted by molar-refractivity contribution is -0.157. The van der Waals surface area contributed by atoms with E-state index in [9.17, 15) is 24.3 Å². The van der Waals surface area contributed by atoms with Crippen molar-refractivity contribution >= 4 is 40.7 Å². The van der Waals surface area contributed by atoms with Crippen molar-refractivity contribution in [2.75, 3.05) is 6.54 Å². The normalized spacial score (nSPS) is 27.4. The molecule has 11 nitrogen and oxygen atoms in total. The molecule has 5 bridgehead atoms. The molecule has 11 heteroatoms. The van der Waals surface area contributed by atoms with Crippen LogP contribution in [-0.2, 0) is 23.9 Å². The molecule has 3 amide bonds. The van der Waals surface area contributed by atoms with Gasteiger partial charge in [0.05, 0.1) is 23.2 Å². The van der Waals surface area contributed by atoms with E-state index < -0.39 is 59.9 Å². The molecule has 1 aromatic carbocycles. The number of amides is 3. The molecule has 0 spiro atoms. The number of aliphatic hydroxyl groups excluding tert-OH is 1. The van der Waals surface area contributed by atoms with Gasteiger partial charge >= 0.3 is 5.97 Å². The second-order valence-electron chi connectivity index (χ2n) is 11.2. The summed E-state index contributed by atoms with van der Waals surface area (Å²) in [6.45, 7) is 8.73. The number of nitrogens with one attached hydrogen (secondary N) is 3. The largest absolute Gasteiger partial charge is 0.455 e. The van der Waals surface area contributed by atoms with E-state index in [-0.39, 0.29) is 5.92 Å². The third kappa shape index (κ3) is 7.09. The maximum Gasteiger partial charge on any atom is 0.325 e. The summed E-state index contributed by atoms with van der Waals surface area (Å²) in [5.74, 6) is -3.17. The van der Waals surface area contributed by atoms with Gasteiger partial charge < -0.3 is 20.5 Å². The lowest BCUT2D eigenvalue weighted by Gasteiger charge is -2.35. The number of carbonyl (C=O) groups is 4. The van der Waals surface area contributed by atoms with Gasteiger partial charge in [-0.25, -0.2) is 10.4 Å². The number of esters is 1. The molecule has 4 N–H and O–H groups in total. The Balaban J connectivity index is 1.71. The van der Waals surface area contributed by atoms with Crippen LogP contribution >= 0.6 is 0 Å². The van der Waals surface area contributed by atoms with Crippen molar-refractivity contribution in [3.8, 4) is 0 Å². The highest BCUT2D eigenvalue weighted by atomic mass is 16.5. The Hall–Kier alpha value is -3.83. The van der Waals surface area contributed by atoms with E-state index in [0.717, 1.165) is 10.9 Å². The van der Waals surface area contributed by atoms with Gasteiger partial charge in [-0.1, -0.05) is 44.2 Å². The summed E-state index contributed by atoms with van der Waals surface area (Å²) in [6, 6.07) is 6.72. The van der Waals surface area contributed by atoms with E-state index in [0.29, 0.717) is 30.6 Å². The van der Waals surface area contributed by atoms with Gasteiger partial charge in [0.25, 0.3) is 5.91 Å². The fraction of sp³-hybridized carbons (Fsp3) is 0.500. The zero-order chi connectivity index (χ0) is 29.8. The van der Waals surface area contributed by atoms with Crippen LogP contribution in [0.15, 0.2) is 36.4 Å². The van der Waals surface area contributed by atoms with Gasteiger partial charge in [0, 0.05) is 11.9 Å². The van der Waals surface area contributed by atoms with Gasteiger partial charge in [-0.2, -0.15) is 0 Å². The topological polar surface area (TPSA) is 150 Å².